The van der Waals surface area contributed by atoms with Gasteiger partial charge in [-0.3, -0.25) is 14.4 Å². The summed E-state index contributed by atoms with van der Waals surface area (Å²) in [5.41, 5.74) is 1.73. The fourth-order valence-electron chi connectivity index (χ4n) is 4.53. The molecule has 3 aromatic rings. The van der Waals surface area contributed by atoms with Crippen molar-refractivity contribution in [3.8, 4) is 0 Å². The van der Waals surface area contributed by atoms with Crippen LogP contribution in [0.5, 0.6) is 0 Å². The van der Waals surface area contributed by atoms with Gasteiger partial charge in [-0.25, -0.2) is 4.39 Å². The van der Waals surface area contributed by atoms with E-state index < -0.39 is 5.97 Å². The maximum Gasteiger partial charge on any atom is 0.303 e. The van der Waals surface area contributed by atoms with Gasteiger partial charge in [0.15, 0.2) is 0 Å². The lowest BCUT2D eigenvalue weighted by molar-refractivity contribution is -0.138. The van der Waals surface area contributed by atoms with Crippen molar-refractivity contribution in [3.05, 3.63) is 70.4 Å². The van der Waals surface area contributed by atoms with Crippen LogP contribution in [0.25, 0.3) is 10.1 Å². The van der Waals surface area contributed by atoms with Gasteiger partial charge in [-0.15, -0.1) is 11.3 Å². The Balaban J connectivity index is 1.21. The third kappa shape index (κ3) is 5.80. The number of carboxylic acid groups (broad SMARTS) is 1. The van der Waals surface area contributed by atoms with E-state index in [1.54, 1.807) is 30.3 Å². The first-order valence-corrected chi connectivity index (χ1v) is 12.3. The van der Waals surface area contributed by atoms with E-state index in [2.05, 4.69) is 10.6 Å². The summed E-state index contributed by atoms with van der Waals surface area (Å²) < 4.78 is 14.3. The third-order valence-electron chi connectivity index (χ3n) is 6.37. The number of rotatable bonds is 8. The van der Waals surface area contributed by atoms with Crippen LogP contribution < -0.4 is 10.6 Å². The second-order valence-electron chi connectivity index (χ2n) is 8.72. The van der Waals surface area contributed by atoms with Crippen LogP contribution in [0.2, 0.25) is 0 Å². The molecule has 1 aromatic heterocycles. The van der Waals surface area contributed by atoms with Crippen molar-refractivity contribution >= 4 is 39.2 Å². The van der Waals surface area contributed by atoms with Gasteiger partial charge in [0.05, 0.1) is 9.58 Å². The van der Waals surface area contributed by atoms with Gasteiger partial charge in [0.1, 0.15) is 5.82 Å². The van der Waals surface area contributed by atoms with Crippen molar-refractivity contribution in [2.45, 2.75) is 38.0 Å². The summed E-state index contributed by atoms with van der Waals surface area (Å²) in [5.74, 6) is -0.911. The molecule has 6 nitrogen and oxygen atoms in total. The third-order valence-corrected chi connectivity index (χ3v) is 7.53. The number of carboxylic acids is 1. The van der Waals surface area contributed by atoms with Gasteiger partial charge in [-0.1, -0.05) is 24.3 Å². The number of hydrogen-bond donors (Lipinski definition) is 3. The van der Waals surface area contributed by atoms with E-state index in [1.165, 1.54) is 11.6 Å². The number of aliphatic carboxylic acids is 1. The van der Waals surface area contributed by atoms with Gasteiger partial charge < -0.3 is 15.7 Å². The van der Waals surface area contributed by atoms with Crippen molar-refractivity contribution in [3.63, 3.8) is 0 Å². The van der Waals surface area contributed by atoms with Crippen LogP contribution in [-0.2, 0) is 4.79 Å². The molecule has 3 N–H and O–H groups in total. The number of thiophene rings is 1. The summed E-state index contributed by atoms with van der Waals surface area (Å²) >= 11 is 1.11. The van der Waals surface area contributed by atoms with Crippen LogP contribution in [-0.4, -0.2) is 36.0 Å². The number of hydrogen-bond acceptors (Lipinski definition) is 4. The van der Waals surface area contributed by atoms with E-state index in [-0.39, 0.29) is 43.1 Å². The van der Waals surface area contributed by atoms with Gasteiger partial charge >= 0.3 is 5.97 Å². The van der Waals surface area contributed by atoms with Gasteiger partial charge in [-0.2, -0.15) is 0 Å². The van der Waals surface area contributed by atoms with Crippen LogP contribution in [0.3, 0.4) is 0 Å². The number of carbonyl (C=O) groups excluding carboxylic acids is 2. The van der Waals surface area contributed by atoms with E-state index in [9.17, 15) is 18.8 Å². The van der Waals surface area contributed by atoms with Gasteiger partial charge in [0.2, 0.25) is 0 Å². The number of fused-ring (bicyclic) bond motifs is 1. The molecular formula is C26H27FN2O4S. The van der Waals surface area contributed by atoms with Crippen molar-refractivity contribution in [1.29, 1.82) is 0 Å². The minimum absolute atomic E-state index is 0.213. The van der Waals surface area contributed by atoms with E-state index in [0.29, 0.717) is 26.4 Å². The fourth-order valence-corrected chi connectivity index (χ4v) is 5.52. The molecule has 4 rings (SSSR count). The Bertz CT molecular complexity index is 1180. The summed E-state index contributed by atoms with van der Waals surface area (Å²) in [6, 6.07) is 14.0. The topological polar surface area (TPSA) is 95.5 Å². The van der Waals surface area contributed by atoms with E-state index in [4.69, 9.17) is 5.11 Å². The first-order chi connectivity index (χ1) is 16.4. The average molecular weight is 483 g/mol. The van der Waals surface area contributed by atoms with Crippen LogP contribution in [0.4, 0.5) is 4.39 Å². The molecule has 0 unspecified atom stereocenters. The minimum Gasteiger partial charge on any atom is -0.481 e. The molecule has 1 aliphatic carbocycles. The Morgan fingerprint density at radius 1 is 0.941 bits per heavy atom. The molecule has 0 bridgehead atoms. The van der Waals surface area contributed by atoms with Crippen molar-refractivity contribution in [2.24, 2.45) is 5.92 Å². The molecule has 2 aromatic carbocycles. The van der Waals surface area contributed by atoms with Gasteiger partial charge in [0.25, 0.3) is 11.8 Å². The van der Waals surface area contributed by atoms with Crippen molar-refractivity contribution in [2.75, 3.05) is 13.1 Å². The highest BCUT2D eigenvalue weighted by atomic mass is 32.1. The Labute approximate surface area is 201 Å². The van der Waals surface area contributed by atoms with Gasteiger partial charge in [0, 0.05) is 25.1 Å². The lowest BCUT2D eigenvalue weighted by Crippen LogP contribution is -2.34. The largest absolute Gasteiger partial charge is 0.481 e. The zero-order valence-electron chi connectivity index (χ0n) is 18.7. The molecule has 1 aliphatic rings. The monoisotopic (exact) mass is 482 g/mol. The molecule has 178 valence electrons. The lowest BCUT2D eigenvalue weighted by atomic mass is 9.77. The standard InChI is InChI=1S/C26H27FN2O4S/c27-21-3-1-2-20-15-22(34-24(20)21)26(33)29-13-12-28-25(32)19-10-8-18(9-11-19)17-6-4-16(5-7-17)14-23(30)31/h1-3,8-11,15-17H,4-7,12-14H2,(H,28,32)(H,29,33)(H,30,31)/t16-,17-. The zero-order chi connectivity index (χ0) is 24.1. The summed E-state index contributed by atoms with van der Waals surface area (Å²) in [6.07, 6.45) is 4.02. The summed E-state index contributed by atoms with van der Waals surface area (Å²) in [4.78, 5) is 36.1. The number of nitrogens with one attached hydrogen (secondary N) is 2. The second kappa shape index (κ2) is 10.8. The Kier molecular flexibility index (Phi) is 7.57. The number of amides is 2. The summed E-state index contributed by atoms with van der Waals surface area (Å²) in [6.45, 7) is 0.540. The Morgan fingerprint density at radius 3 is 2.26 bits per heavy atom. The second-order valence-corrected chi connectivity index (χ2v) is 9.77. The molecule has 0 spiro atoms. The molecular weight excluding hydrogens is 455 g/mol. The molecule has 1 heterocycles. The first-order valence-electron chi connectivity index (χ1n) is 11.5. The molecule has 2 amide bonds. The number of carbonyl (C=O) groups is 3. The number of halogens is 1. The number of benzene rings is 2. The van der Waals surface area contributed by atoms with E-state index >= 15 is 0 Å². The van der Waals surface area contributed by atoms with Crippen molar-refractivity contribution in [1.82, 2.24) is 10.6 Å². The van der Waals surface area contributed by atoms with E-state index in [1.807, 2.05) is 12.1 Å². The molecule has 34 heavy (non-hydrogen) atoms. The SMILES string of the molecule is O=C(O)C[C@H]1CC[C@H](c2ccc(C(=O)NCCNC(=O)c3cc4cccc(F)c4s3)cc2)CC1. The zero-order valence-corrected chi connectivity index (χ0v) is 19.5. The molecule has 1 fully saturated rings. The maximum atomic E-state index is 13.8. The maximum absolute atomic E-state index is 13.8. The van der Waals surface area contributed by atoms with Crippen LogP contribution in [0, 0.1) is 11.7 Å². The summed E-state index contributed by atoms with van der Waals surface area (Å²) in [5, 5.41) is 15.2. The van der Waals surface area contributed by atoms with Crippen LogP contribution in [0.1, 0.15) is 63.6 Å². The molecule has 0 saturated heterocycles. The molecule has 0 aliphatic heterocycles. The minimum atomic E-state index is -0.728. The average Bonchev–Trinajstić information content (AvgIpc) is 3.28. The molecule has 1 saturated carbocycles. The Hall–Kier alpha value is -3.26. The van der Waals surface area contributed by atoms with Crippen molar-refractivity contribution < 1.29 is 23.9 Å². The van der Waals surface area contributed by atoms with Gasteiger partial charge in [-0.05, 0) is 72.7 Å². The normalized spacial score (nSPS) is 17.9. The molecule has 0 radical (unpaired) electrons. The van der Waals surface area contributed by atoms with Crippen LogP contribution in [0.15, 0.2) is 48.5 Å². The summed E-state index contributed by atoms with van der Waals surface area (Å²) in [7, 11) is 0. The highest BCUT2D eigenvalue weighted by Gasteiger charge is 2.24. The van der Waals surface area contributed by atoms with E-state index in [0.717, 1.165) is 37.0 Å². The van der Waals surface area contributed by atoms with Crippen LogP contribution >= 0.6 is 11.3 Å². The molecule has 0 atom stereocenters. The molecule has 8 heteroatoms. The fraction of sp³-hybridized carbons (Fsp3) is 0.346. The lowest BCUT2D eigenvalue weighted by Gasteiger charge is -2.28. The predicted molar refractivity (Wildman–Crippen MR) is 130 cm³/mol. The highest BCUT2D eigenvalue weighted by molar-refractivity contribution is 7.20. The Morgan fingerprint density at radius 2 is 1.62 bits per heavy atom. The quantitative estimate of drug-likeness (QED) is 0.396. The smallest absolute Gasteiger partial charge is 0.303 e. The highest BCUT2D eigenvalue weighted by Crippen LogP contribution is 2.37. The first kappa shape index (κ1) is 23.9. The predicted octanol–water partition coefficient (Wildman–Crippen LogP) is 4.95.